The quantitative estimate of drug-likeness (QED) is 0.366. The number of morpholine rings is 1. The van der Waals surface area contributed by atoms with Crippen molar-refractivity contribution in [3.8, 4) is 16.9 Å². The van der Waals surface area contributed by atoms with Gasteiger partial charge >= 0.3 is 0 Å². The molecule has 2 aliphatic rings. The maximum atomic E-state index is 13.7. The van der Waals surface area contributed by atoms with Gasteiger partial charge in [-0.05, 0) is 34.9 Å². The van der Waals surface area contributed by atoms with E-state index in [-0.39, 0.29) is 18.2 Å². The first-order valence-corrected chi connectivity index (χ1v) is 14.9. The highest BCUT2D eigenvalue weighted by Gasteiger charge is 2.41. The summed E-state index contributed by atoms with van der Waals surface area (Å²) in [6, 6.07) is 19.1. The highest BCUT2D eigenvalue weighted by Crippen LogP contribution is 2.38. The van der Waals surface area contributed by atoms with Crippen LogP contribution in [0, 0.1) is 0 Å². The Hall–Kier alpha value is -3.63. The SMILES string of the molecule is CN(C)C(=O)c1ccc(-c2ccc(CC[N+]3(N(C)C(=O)CC4C(=O)NOc5cc(Cl)c(Cl)cc54)CCOCC3)cc2)cc1. The van der Waals surface area contributed by atoms with E-state index in [0.29, 0.717) is 64.4 Å². The number of rotatable bonds is 8. The highest BCUT2D eigenvalue weighted by atomic mass is 35.5. The molecule has 11 heteroatoms. The Morgan fingerprint density at radius 2 is 1.53 bits per heavy atom. The van der Waals surface area contributed by atoms with Crippen LogP contribution in [0.3, 0.4) is 0 Å². The Balaban J connectivity index is 1.28. The summed E-state index contributed by atoms with van der Waals surface area (Å²) < 4.78 is 6.09. The maximum absolute atomic E-state index is 13.7. The minimum absolute atomic E-state index is 0.0272. The van der Waals surface area contributed by atoms with Gasteiger partial charge in [0.25, 0.3) is 17.7 Å². The second kappa shape index (κ2) is 12.9. The van der Waals surface area contributed by atoms with Crippen LogP contribution in [0.2, 0.25) is 10.0 Å². The Labute approximate surface area is 261 Å². The highest BCUT2D eigenvalue weighted by molar-refractivity contribution is 6.42. The van der Waals surface area contributed by atoms with E-state index in [1.54, 1.807) is 43.2 Å². The summed E-state index contributed by atoms with van der Waals surface area (Å²) in [5, 5.41) is 2.36. The van der Waals surface area contributed by atoms with E-state index in [4.69, 9.17) is 32.8 Å². The van der Waals surface area contributed by atoms with Crippen LogP contribution in [0.1, 0.15) is 33.8 Å². The molecule has 1 fully saturated rings. The van der Waals surface area contributed by atoms with E-state index in [2.05, 4.69) is 29.7 Å². The van der Waals surface area contributed by atoms with Crippen molar-refractivity contribution in [2.75, 3.05) is 54.0 Å². The van der Waals surface area contributed by atoms with Gasteiger partial charge in [-0.15, -0.1) is 0 Å². The molecule has 3 aromatic rings. The molecule has 1 unspecified atom stereocenters. The first-order chi connectivity index (χ1) is 20.6. The molecule has 1 saturated heterocycles. The number of hydrogen-bond donors (Lipinski definition) is 1. The molecule has 43 heavy (non-hydrogen) atoms. The average molecular weight is 627 g/mol. The monoisotopic (exact) mass is 625 g/mol. The third-order valence-corrected chi connectivity index (χ3v) is 9.05. The molecule has 226 valence electrons. The fourth-order valence-corrected chi connectivity index (χ4v) is 5.92. The molecule has 9 nitrogen and oxygen atoms in total. The number of fused-ring (bicyclic) bond motifs is 1. The zero-order valence-corrected chi connectivity index (χ0v) is 26.0. The van der Waals surface area contributed by atoms with Crippen molar-refractivity contribution in [3.63, 3.8) is 0 Å². The standard InChI is InChI=1S/C32H34Cl2N4O5/c1-36(2)32(41)24-10-8-23(9-11-24)22-6-4-21(5-7-22)12-13-38(14-16-42-17-15-38)37(3)30(39)19-26-25-18-27(33)28(34)20-29(25)43-35-31(26)40/h4-11,18,20,26H,12-17,19H2,1-3H3/p+1. The van der Waals surface area contributed by atoms with Gasteiger partial charge in [0.1, 0.15) is 19.6 Å². The third-order valence-electron chi connectivity index (χ3n) is 8.33. The first-order valence-electron chi connectivity index (χ1n) is 14.2. The van der Waals surface area contributed by atoms with Crippen LogP contribution in [-0.4, -0.2) is 86.2 Å². The van der Waals surface area contributed by atoms with Crippen molar-refractivity contribution in [2.24, 2.45) is 0 Å². The van der Waals surface area contributed by atoms with Crippen LogP contribution >= 0.6 is 23.2 Å². The fraction of sp³-hybridized carbons (Fsp3) is 0.344. The lowest BCUT2D eigenvalue weighted by atomic mass is 9.92. The Kier molecular flexibility index (Phi) is 9.27. The van der Waals surface area contributed by atoms with Crippen LogP contribution in [0.4, 0.5) is 0 Å². The molecule has 1 atom stereocenters. The summed E-state index contributed by atoms with van der Waals surface area (Å²) in [5.41, 5.74) is 6.82. The van der Waals surface area contributed by atoms with Crippen molar-refractivity contribution >= 4 is 40.9 Å². The van der Waals surface area contributed by atoms with Gasteiger partial charge in [0.05, 0.1) is 36.2 Å². The molecule has 2 heterocycles. The van der Waals surface area contributed by atoms with E-state index in [1.807, 2.05) is 24.3 Å². The molecule has 3 amide bonds. The number of benzene rings is 3. The molecule has 5 rings (SSSR count). The van der Waals surface area contributed by atoms with Crippen molar-refractivity contribution in [3.05, 3.63) is 87.4 Å². The molecule has 0 spiro atoms. The number of quaternary nitrogens is 1. The normalized spacial score (nSPS) is 17.3. The number of hydroxylamine groups is 1. The predicted molar refractivity (Wildman–Crippen MR) is 165 cm³/mol. The number of amides is 3. The van der Waals surface area contributed by atoms with Crippen LogP contribution in [0.25, 0.3) is 11.1 Å². The summed E-state index contributed by atoms with van der Waals surface area (Å²) in [6.45, 7) is 3.08. The van der Waals surface area contributed by atoms with Gasteiger partial charge in [-0.3, -0.25) is 14.4 Å². The van der Waals surface area contributed by atoms with Crippen LogP contribution < -0.4 is 10.3 Å². The van der Waals surface area contributed by atoms with Gasteiger partial charge in [-0.2, -0.15) is 10.5 Å². The first kappa shape index (κ1) is 30.8. The zero-order valence-electron chi connectivity index (χ0n) is 24.4. The summed E-state index contributed by atoms with van der Waals surface area (Å²) >= 11 is 12.4. The van der Waals surface area contributed by atoms with Crippen molar-refractivity contribution in [2.45, 2.75) is 18.8 Å². The summed E-state index contributed by atoms with van der Waals surface area (Å²) in [7, 11) is 5.28. The smallest absolute Gasteiger partial charge is 0.268 e. The number of nitrogens with zero attached hydrogens (tertiary/aromatic N) is 3. The molecule has 0 radical (unpaired) electrons. The number of nitrogens with one attached hydrogen (secondary N) is 1. The van der Waals surface area contributed by atoms with E-state index in [9.17, 15) is 14.4 Å². The third kappa shape index (κ3) is 6.65. The molecule has 0 bridgehead atoms. The number of ether oxygens (including phenoxy) is 1. The van der Waals surface area contributed by atoms with E-state index < -0.39 is 11.8 Å². The van der Waals surface area contributed by atoms with Crippen molar-refractivity contribution in [1.82, 2.24) is 15.4 Å². The minimum Gasteiger partial charge on any atom is -0.379 e. The molecule has 3 aromatic carbocycles. The number of halogens is 2. The predicted octanol–water partition coefficient (Wildman–Crippen LogP) is 4.72. The molecule has 0 saturated carbocycles. The summed E-state index contributed by atoms with van der Waals surface area (Å²) in [5.74, 6) is -0.961. The number of carbonyl (C=O) groups is 3. The van der Waals surface area contributed by atoms with E-state index >= 15 is 0 Å². The zero-order chi connectivity index (χ0) is 30.7. The molecular weight excluding hydrogens is 591 g/mol. The van der Waals surface area contributed by atoms with Gasteiger partial charge < -0.3 is 14.5 Å². The van der Waals surface area contributed by atoms with E-state index in [1.165, 1.54) is 0 Å². The van der Waals surface area contributed by atoms with Crippen LogP contribution in [-0.2, 0) is 20.7 Å². The topological polar surface area (TPSA) is 88.2 Å². The maximum Gasteiger partial charge on any atom is 0.268 e. The largest absolute Gasteiger partial charge is 0.379 e. The van der Waals surface area contributed by atoms with Gasteiger partial charge in [0.2, 0.25) is 0 Å². The lowest BCUT2D eigenvalue weighted by Crippen LogP contribution is -2.66. The lowest BCUT2D eigenvalue weighted by Gasteiger charge is -2.46. The van der Waals surface area contributed by atoms with Crippen molar-refractivity contribution < 1.29 is 28.6 Å². The Morgan fingerprint density at radius 3 is 2.16 bits per heavy atom. The Morgan fingerprint density at radius 1 is 0.930 bits per heavy atom. The molecular formula is C32H35Cl2N4O5+. The van der Waals surface area contributed by atoms with Crippen LogP contribution in [0.15, 0.2) is 60.7 Å². The second-order valence-electron chi connectivity index (χ2n) is 11.1. The fourth-order valence-electron chi connectivity index (χ4n) is 5.59. The van der Waals surface area contributed by atoms with Gasteiger partial charge in [-0.25, -0.2) is 4.59 Å². The molecule has 2 aliphatic heterocycles. The summed E-state index contributed by atoms with van der Waals surface area (Å²) in [4.78, 5) is 45.5. The molecule has 0 aromatic heterocycles. The van der Waals surface area contributed by atoms with Crippen LogP contribution in [0.5, 0.6) is 5.75 Å². The number of hydrogen-bond acceptors (Lipinski definition) is 5. The lowest BCUT2D eigenvalue weighted by molar-refractivity contribution is -1.03. The number of carbonyl (C=O) groups excluding carboxylic acids is 3. The van der Waals surface area contributed by atoms with Gasteiger partial charge in [-0.1, -0.05) is 59.6 Å². The second-order valence-corrected chi connectivity index (χ2v) is 12.0. The average Bonchev–Trinajstić information content (AvgIpc) is 3.02. The molecule has 0 aliphatic carbocycles. The minimum atomic E-state index is -0.753. The summed E-state index contributed by atoms with van der Waals surface area (Å²) in [6.07, 6.45) is 0.716. The van der Waals surface area contributed by atoms with Crippen molar-refractivity contribution in [1.29, 1.82) is 0 Å². The van der Waals surface area contributed by atoms with E-state index in [0.717, 1.165) is 23.1 Å². The molecule has 1 N–H and O–H groups in total. The van der Waals surface area contributed by atoms with Gasteiger partial charge in [0.15, 0.2) is 5.75 Å². The van der Waals surface area contributed by atoms with Gasteiger partial charge in [0, 0.05) is 44.1 Å². The Bertz CT molecular complexity index is 1510.